The Kier molecular flexibility index (Phi) is 4.75. The van der Waals surface area contributed by atoms with E-state index in [2.05, 4.69) is 6.92 Å². The first kappa shape index (κ1) is 15.3. The van der Waals surface area contributed by atoms with Crippen molar-refractivity contribution in [1.29, 1.82) is 0 Å². The van der Waals surface area contributed by atoms with E-state index >= 15 is 0 Å². The van der Waals surface area contributed by atoms with E-state index in [1.807, 2.05) is 6.08 Å². The normalized spacial score (nSPS) is 13.6. The molecule has 1 aromatic carbocycles. The van der Waals surface area contributed by atoms with Gasteiger partial charge in [-0.3, -0.25) is 9.59 Å². The summed E-state index contributed by atoms with van der Waals surface area (Å²) < 4.78 is 5.19. The molecule has 1 heterocycles. The zero-order valence-electron chi connectivity index (χ0n) is 12.0. The average Bonchev–Trinajstić information content (AvgIpc) is 3.20. The van der Waals surface area contributed by atoms with Crippen molar-refractivity contribution in [3.05, 3.63) is 35.4 Å². The van der Waals surface area contributed by atoms with Gasteiger partial charge in [0.05, 0.1) is 0 Å². The maximum Gasteiger partial charge on any atom is 0.320 e. The standard InChI is InChI=1S/C16H19NO4/c1-2-3-4-5-6-13(18)11-9-15-14(21-15)8-10(11)7-12(17)16(19)20/h5-6,8-9,12H,2-4,7,17H2,1H3,(H,19,20)/t12-/m0/s1. The first-order valence-electron chi connectivity index (χ1n) is 7.07. The van der Waals surface area contributed by atoms with Gasteiger partial charge in [-0.2, -0.15) is 0 Å². The molecular weight excluding hydrogens is 270 g/mol. The molecule has 2 rings (SSSR count). The molecule has 1 aromatic rings. The van der Waals surface area contributed by atoms with Crippen molar-refractivity contribution in [3.8, 4) is 11.5 Å². The first-order chi connectivity index (χ1) is 10.0. The summed E-state index contributed by atoms with van der Waals surface area (Å²) in [5.41, 5.74) is 6.64. The van der Waals surface area contributed by atoms with Crippen LogP contribution in [0.1, 0.15) is 42.1 Å². The largest absolute Gasteiger partial charge is 0.480 e. The van der Waals surface area contributed by atoms with Crippen LogP contribution in [-0.2, 0) is 11.2 Å². The third-order valence-electron chi connectivity index (χ3n) is 3.36. The van der Waals surface area contributed by atoms with Crippen LogP contribution in [0.3, 0.4) is 0 Å². The molecule has 0 fully saturated rings. The lowest BCUT2D eigenvalue weighted by Gasteiger charge is -2.08. The highest BCUT2D eigenvalue weighted by Crippen LogP contribution is 2.47. The van der Waals surface area contributed by atoms with Crippen molar-refractivity contribution in [2.24, 2.45) is 5.73 Å². The summed E-state index contributed by atoms with van der Waals surface area (Å²) in [5, 5.41) is 8.90. The third-order valence-corrected chi connectivity index (χ3v) is 3.36. The Bertz CT molecular complexity index is 592. The Morgan fingerprint density at radius 2 is 2.10 bits per heavy atom. The first-order valence-corrected chi connectivity index (χ1v) is 7.07. The summed E-state index contributed by atoms with van der Waals surface area (Å²) in [6.07, 6.45) is 6.45. The number of rotatable bonds is 8. The van der Waals surface area contributed by atoms with E-state index in [-0.39, 0.29) is 12.2 Å². The average molecular weight is 289 g/mol. The molecule has 0 spiro atoms. The van der Waals surface area contributed by atoms with Gasteiger partial charge in [-0.05, 0) is 36.6 Å². The second kappa shape index (κ2) is 6.54. The second-order valence-corrected chi connectivity index (χ2v) is 5.12. The highest BCUT2D eigenvalue weighted by atomic mass is 16.6. The number of ketones is 1. The fourth-order valence-corrected chi connectivity index (χ4v) is 2.08. The minimum atomic E-state index is -1.09. The van der Waals surface area contributed by atoms with E-state index in [0.29, 0.717) is 22.6 Å². The molecule has 0 amide bonds. The number of ether oxygens (including phenoxy) is 1. The molecule has 3 N–H and O–H groups in total. The number of allylic oxidation sites excluding steroid dienone is 2. The summed E-state index contributed by atoms with van der Waals surface area (Å²) >= 11 is 0. The lowest BCUT2D eigenvalue weighted by molar-refractivity contribution is -0.138. The molecule has 21 heavy (non-hydrogen) atoms. The third kappa shape index (κ3) is 3.92. The van der Waals surface area contributed by atoms with Gasteiger partial charge in [-0.15, -0.1) is 0 Å². The molecule has 5 nitrogen and oxygen atoms in total. The zero-order valence-corrected chi connectivity index (χ0v) is 12.0. The van der Waals surface area contributed by atoms with Gasteiger partial charge in [-0.1, -0.05) is 25.8 Å². The minimum Gasteiger partial charge on any atom is -0.480 e. The molecule has 0 bridgehead atoms. The van der Waals surface area contributed by atoms with Crippen molar-refractivity contribution in [3.63, 3.8) is 0 Å². The van der Waals surface area contributed by atoms with Crippen molar-refractivity contribution < 1.29 is 19.4 Å². The van der Waals surface area contributed by atoms with E-state index in [0.717, 1.165) is 19.3 Å². The molecule has 112 valence electrons. The van der Waals surface area contributed by atoms with Crippen LogP contribution in [-0.4, -0.2) is 22.9 Å². The van der Waals surface area contributed by atoms with Crippen molar-refractivity contribution in [2.75, 3.05) is 0 Å². The van der Waals surface area contributed by atoms with E-state index in [9.17, 15) is 9.59 Å². The fraction of sp³-hybridized carbons (Fsp3) is 0.375. The van der Waals surface area contributed by atoms with Crippen LogP contribution >= 0.6 is 0 Å². The van der Waals surface area contributed by atoms with Gasteiger partial charge in [0.1, 0.15) is 6.04 Å². The summed E-state index contributed by atoms with van der Waals surface area (Å²) in [5.74, 6) is 0.136. The van der Waals surface area contributed by atoms with Crippen LogP contribution in [0.15, 0.2) is 24.3 Å². The number of carbonyl (C=O) groups excluding carboxylic acids is 1. The maximum absolute atomic E-state index is 12.2. The molecule has 0 saturated carbocycles. The quantitative estimate of drug-likeness (QED) is 0.337. The second-order valence-electron chi connectivity index (χ2n) is 5.12. The Balaban J connectivity index is 2.15. The lowest BCUT2D eigenvalue weighted by Crippen LogP contribution is -2.32. The highest BCUT2D eigenvalue weighted by molar-refractivity contribution is 6.06. The van der Waals surface area contributed by atoms with Crippen LogP contribution in [0.4, 0.5) is 0 Å². The number of hydrogen-bond donors (Lipinski definition) is 2. The Morgan fingerprint density at radius 3 is 2.76 bits per heavy atom. The van der Waals surface area contributed by atoms with Crippen LogP contribution in [0.5, 0.6) is 11.5 Å². The Hall–Kier alpha value is -2.14. The Morgan fingerprint density at radius 1 is 1.38 bits per heavy atom. The SMILES string of the molecule is CCCCC=CC(=O)c1cc2c(cc1C[C@H](N)C(=O)O)O2. The van der Waals surface area contributed by atoms with Gasteiger partial charge in [-0.25, -0.2) is 0 Å². The van der Waals surface area contributed by atoms with Crippen LogP contribution < -0.4 is 10.5 Å². The molecule has 1 aliphatic heterocycles. The number of hydrogen-bond acceptors (Lipinski definition) is 4. The van der Waals surface area contributed by atoms with E-state index in [1.54, 1.807) is 12.1 Å². The number of nitrogens with two attached hydrogens (primary N) is 1. The summed E-state index contributed by atoms with van der Waals surface area (Å²) in [7, 11) is 0. The predicted molar refractivity (Wildman–Crippen MR) is 78.8 cm³/mol. The Labute approximate surface area is 123 Å². The van der Waals surface area contributed by atoms with Gasteiger partial charge in [0.2, 0.25) is 0 Å². The van der Waals surface area contributed by atoms with E-state index in [4.69, 9.17) is 15.6 Å². The van der Waals surface area contributed by atoms with Gasteiger partial charge in [0.25, 0.3) is 0 Å². The topological polar surface area (TPSA) is 92.9 Å². The van der Waals surface area contributed by atoms with Gasteiger partial charge in [0.15, 0.2) is 17.3 Å². The molecule has 5 heteroatoms. The summed E-state index contributed by atoms with van der Waals surface area (Å²) in [4.78, 5) is 23.1. The van der Waals surface area contributed by atoms with Crippen molar-refractivity contribution in [1.82, 2.24) is 0 Å². The summed E-state index contributed by atoms with van der Waals surface area (Å²) in [6.45, 7) is 2.09. The number of carboxylic acid groups (broad SMARTS) is 1. The molecule has 1 aliphatic rings. The highest BCUT2D eigenvalue weighted by Gasteiger charge is 2.26. The number of fused-ring (bicyclic) bond motifs is 1. The smallest absolute Gasteiger partial charge is 0.320 e. The molecular formula is C16H19NO4. The van der Waals surface area contributed by atoms with E-state index in [1.165, 1.54) is 6.08 Å². The molecule has 0 unspecified atom stereocenters. The molecule has 1 atom stereocenters. The number of unbranched alkanes of at least 4 members (excludes halogenated alkanes) is 2. The van der Waals surface area contributed by atoms with Gasteiger partial charge in [0, 0.05) is 5.56 Å². The van der Waals surface area contributed by atoms with Gasteiger partial charge >= 0.3 is 5.97 Å². The van der Waals surface area contributed by atoms with Crippen LogP contribution in [0.2, 0.25) is 0 Å². The number of carboxylic acids is 1. The summed E-state index contributed by atoms with van der Waals surface area (Å²) in [6, 6.07) is 2.33. The molecule has 0 aliphatic carbocycles. The number of aliphatic carboxylic acids is 1. The lowest BCUT2D eigenvalue weighted by atomic mass is 9.97. The van der Waals surface area contributed by atoms with Crippen LogP contribution in [0.25, 0.3) is 0 Å². The van der Waals surface area contributed by atoms with E-state index < -0.39 is 12.0 Å². The van der Waals surface area contributed by atoms with Crippen molar-refractivity contribution in [2.45, 2.75) is 38.6 Å². The molecule has 0 aromatic heterocycles. The van der Waals surface area contributed by atoms with Gasteiger partial charge < -0.3 is 15.6 Å². The van der Waals surface area contributed by atoms with Crippen LogP contribution in [0, 0.1) is 0 Å². The van der Waals surface area contributed by atoms with Crippen molar-refractivity contribution >= 4 is 11.8 Å². The predicted octanol–water partition coefficient (Wildman–Crippen LogP) is 2.68. The minimum absolute atomic E-state index is 0.107. The zero-order chi connectivity index (χ0) is 15.4. The number of benzene rings is 1. The monoisotopic (exact) mass is 289 g/mol. The fourth-order valence-electron chi connectivity index (χ4n) is 2.08. The molecule has 0 radical (unpaired) electrons. The number of carbonyl (C=O) groups is 2. The molecule has 0 saturated heterocycles. The maximum atomic E-state index is 12.2.